The molecule has 1 atom stereocenters. The van der Waals surface area contributed by atoms with E-state index in [2.05, 4.69) is 22.8 Å². The van der Waals surface area contributed by atoms with Gasteiger partial charge in [0.1, 0.15) is 0 Å². The van der Waals surface area contributed by atoms with Crippen LogP contribution in [-0.4, -0.2) is 37.0 Å². The largest absolute Gasteiger partial charge is 0.341 e. The third-order valence-electron chi connectivity index (χ3n) is 3.09. The number of amides is 1. The molecule has 1 aromatic rings. The summed E-state index contributed by atoms with van der Waals surface area (Å²) < 4.78 is 0. The Morgan fingerprint density at radius 3 is 3.19 bits per heavy atom. The van der Waals surface area contributed by atoms with Gasteiger partial charge in [0.05, 0.1) is 6.04 Å². The summed E-state index contributed by atoms with van der Waals surface area (Å²) >= 11 is 1.77. The highest BCUT2D eigenvalue weighted by Crippen LogP contribution is 2.14. The van der Waals surface area contributed by atoms with Crippen molar-refractivity contribution in [2.24, 2.45) is 0 Å². The van der Waals surface area contributed by atoms with E-state index in [0.29, 0.717) is 0 Å². The molecule has 1 N–H and O–H groups in total. The number of hydrogen-bond acceptors (Lipinski definition) is 3. The van der Waals surface area contributed by atoms with E-state index in [1.54, 1.807) is 11.3 Å². The van der Waals surface area contributed by atoms with Crippen LogP contribution in [0.4, 0.5) is 0 Å². The van der Waals surface area contributed by atoms with E-state index in [1.807, 2.05) is 11.9 Å². The van der Waals surface area contributed by atoms with E-state index in [-0.39, 0.29) is 11.9 Å². The Hall–Kier alpha value is -0.870. The third-order valence-corrected chi connectivity index (χ3v) is 4.02. The molecule has 1 saturated heterocycles. The Bertz CT molecular complexity index is 337. The summed E-state index contributed by atoms with van der Waals surface area (Å²) in [5.74, 6) is 0.269. The van der Waals surface area contributed by atoms with E-state index < -0.39 is 0 Å². The van der Waals surface area contributed by atoms with Gasteiger partial charge in [0.2, 0.25) is 5.91 Å². The van der Waals surface area contributed by atoms with Gasteiger partial charge in [0.15, 0.2) is 0 Å². The number of piperidine rings is 1. The number of thiophene rings is 1. The quantitative estimate of drug-likeness (QED) is 0.862. The van der Waals surface area contributed by atoms with Crippen LogP contribution in [0.15, 0.2) is 17.5 Å². The summed E-state index contributed by atoms with van der Waals surface area (Å²) in [6.07, 6.45) is 3.08. The number of carbonyl (C=O) groups is 1. The molecule has 16 heavy (non-hydrogen) atoms. The molecular weight excluding hydrogens is 220 g/mol. The van der Waals surface area contributed by atoms with Crippen LogP contribution in [0.2, 0.25) is 0 Å². The van der Waals surface area contributed by atoms with Crippen molar-refractivity contribution in [3.63, 3.8) is 0 Å². The smallest absolute Gasteiger partial charge is 0.239 e. The molecule has 0 spiro atoms. The second kappa shape index (κ2) is 5.46. The predicted octanol–water partition coefficient (Wildman–Crippen LogP) is 1.50. The van der Waals surface area contributed by atoms with Crippen molar-refractivity contribution in [2.45, 2.75) is 25.3 Å². The number of rotatable bonds is 4. The molecule has 4 heteroatoms. The molecule has 1 aromatic heterocycles. The molecule has 1 amide bonds. The fourth-order valence-corrected chi connectivity index (χ4v) is 2.83. The lowest BCUT2D eigenvalue weighted by atomic mass is 10.0. The van der Waals surface area contributed by atoms with Crippen LogP contribution in [0.5, 0.6) is 0 Å². The number of carbonyl (C=O) groups excluding carboxylic acids is 1. The normalized spacial score (nSPS) is 21.4. The van der Waals surface area contributed by atoms with E-state index in [0.717, 1.165) is 32.4 Å². The van der Waals surface area contributed by atoms with Gasteiger partial charge in [-0.15, -0.1) is 11.3 Å². The lowest BCUT2D eigenvalue weighted by Gasteiger charge is -2.32. The molecule has 0 aromatic carbocycles. The number of likely N-dealkylation sites (N-methyl/N-ethyl adjacent to an activating group) is 1. The lowest BCUT2D eigenvalue weighted by Crippen LogP contribution is -2.50. The van der Waals surface area contributed by atoms with Crippen LogP contribution in [0.25, 0.3) is 0 Å². The Kier molecular flexibility index (Phi) is 3.96. The minimum atomic E-state index is 0.0390. The minimum Gasteiger partial charge on any atom is -0.341 e. The summed E-state index contributed by atoms with van der Waals surface area (Å²) in [7, 11) is 1.87. The predicted molar refractivity (Wildman–Crippen MR) is 66.7 cm³/mol. The fourth-order valence-electron chi connectivity index (χ4n) is 2.13. The Balaban J connectivity index is 1.87. The first-order chi connectivity index (χ1) is 7.81. The van der Waals surface area contributed by atoms with Crippen molar-refractivity contribution in [1.29, 1.82) is 0 Å². The molecule has 88 valence electrons. The SMILES string of the molecule is CNC1CCCN(CCc2cccs2)C1=O. The third kappa shape index (κ3) is 2.62. The molecule has 3 nitrogen and oxygen atoms in total. The van der Waals surface area contributed by atoms with Crippen LogP contribution < -0.4 is 5.32 Å². The molecule has 2 heterocycles. The van der Waals surface area contributed by atoms with E-state index in [1.165, 1.54) is 4.88 Å². The van der Waals surface area contributed by atoms with Gasteiger partial charge >= 0.3 is 0 Å². The first-order valence-electron chi connectivity index (χ1n) is 5.79. The molecule has 2 rings (SSSR count). The molecular formula is C12H18N2OS. The van der Waals surface area contributed by atoms with E-state index >= 15 is 0 Å². The standard InChI is InChI=1S/C12H18N2OS/c1-13-11-5-2-7-14(12(11)15)8-6-10-4-3-9-16-10/h3-4,9,11,13H,2,5-8H2,1H3. The number of likely N-dealkylation sites (tertiary alicyclic amines) is 1. The molecule has 1 unspecified atom stereocenters. The lowest BCUT2D eigenvalue weighted by molar-refractivity contribution is -0.135. The van der Waals surface area contributed by atoms with Gasteiger partial charge in [-0.2, -0.15) is 0 Å². The van der Waals surface area contributed by atoms with Gasteiger partial charge in [0.25, 0.3) is 0 Å². The topological polar surface area (TPSA) is 32.3 Å². The maximum absolute atomic E-state index is 12.0. The first-order valence-corrected chi connectivity index (χ1v) is 6.67. The van der Waals surface area contributed by atoms with Crippen molar-refractivity contribution < 1.29 is 4.79 Å². The minimum absolute atomic E-state index is 0.0390. The summed E-state index contributed by atoms with van der Waals surface area (Å²) in [4.78, 5) is 15.3. The van der Waals surface area contributed by atoms with Gasteiger partial charge in [-0.25, -0.2) is 0 Å². The molecule has 0 saturated carbocycles. The van der Waals surface area contributed by atoms with Crippen LogP contribution in [0.3, 0.4) is 0 Å². The highest BCUT2D eigenvalue weighted by Gasteiger charge is 2.26. The van der Waals surface area contributed by atoms with Crippen molar-refractivity contribution in [3.8, 4) is 0 Å². The maximum Gasteiger partial charge on any atom is 0.239 e. The van der Waals surface area contributed by atoms with Crippen molar-refractivity contribution >= 4 is 17.2 Å². The fraction of sp³-hybridized carbons (Fsp3) is 0.583. The highest BCUT2D eigenvalue weighted by molar-refractivity contribution is 7.09. The zero-order chi connectivity index (χ0) is 11.4. The van der Waals surface area contributed by atoms with Crippen molar-refractivity contribution in [2.75, 3.05) is 20.1 Å². The molecule has 1 fully saturated rings. The van der Waals surface area contributed by atoms with Gasteiger partial charge < -0.3 is 10.2 Å². The van der Waals surface area contributed by atoms with Crippen LogP contribution in [0.1, 0.15) is 17.7 Å². The highest BCUT2D eigenvalue weighted by atomic mass is 32.1. The van der Waals surface area contributed by atoms with Crippen LogP contribution in [0, 0.1) is 0 Å². The number of hydrogen-bond donors (Lipinski definition) is 1. The van der Waals surface area contributed by atoms with Gasteiger partial charge in [-0.05, 0) is 37.8 Å². The van der Waals surface area contributed by atoms with Gasteiger partial charge in [-0.3, -0.25) is 4.79 Å². The molecule has 1 aliphatic heterocycles. The van der Waals surface area contributed by atoms with Crippen molar-refractivity contribution in [3.05, 3.63) is 22.4 Å². The van der Waals surface area contributed by atoms with Crippen LogP contribution >= 0.6 is 11.3 Å². The zero-order valence-electron chi connectivity index (χ0n) is 9.61. The van der Waals surface area contributed by atoms with Crippen molar-refractivity contribution in [1.82, 2.24) is 10.2 Å². The Labute approximate surface area is 100 Å². The summed E-state index contributed by atoms with van der Waals surface area (Å²) in [6.45, 7) is 1.78. The maximum atomic E-state index is 12.0. The monoisotopic (exact) mass is 238 g/mol. The van der Waals surface area contributed by atoms with E-state index in [9.17, 15) is 4.79 Å². The number of nitrogens with zero attached hydrogens (tertiary/aromatic N) is 1. The zero-order valence-corrected chi connectivity index (χ0v) is 10.4. The molecule has 1 aliphatic rings. The molecule has 0 aliphatic carbocycles. The van der Waals surface area contributed by atoms with Gasteiger partial charge in [0, 0.05) is 18.0 Å². The van der Waals surface area contributed by atoms with Gasteiger partial charge in [-0.1, -0.05) is 6.07 Å². The number of nitrogens with one attached hydrogen (secondary N) is 1. The van der Waals surface area contributed by atoms with E-state index in [4.69, 9.17) is 0 Å². The second-order valence-electron chi connectivity index (χ2n) is 4.14. The summed E-state index contributed by atoms with van der Waals surface area (Å²) in [5, 5.41) is 5.18. The average Bonchev–Trinajstić information content (AvgIpc) is 2.81. The second-order valence-corrected chi connectivity index (χ2v) is 5.17. The average molecular weight is 238 g/mol. The Morgan fingerprint density at radius 1 is 1.62 bits per heavy atom. The first kappa shape index (κ1) is 11.6. The summed E-state index contributed by atoms with van der Waals surface area (Å²) in [6, 6.07) is 4.24. The molecule has 0 radical (unpaired) electrons. The molecule has 0 bridgehead atoms. The van der Waals surface area contributed by atoms with Crippen LogP contribution in [-0.2, 0) is 11.2 Å². The summed E-state index contributed by atoms with van der Waals surface area (Å²) in [5.41, 5.74) is 0. The Morgan fingerprint density at radius 2 is 2.50 bits per heavy atom.